The van der Waals surface area contributed by atoms with Gasteiger partial charge in [0, 0.05) is 44.8 Å². The number of aryl methyl sites for hydroxylation is 1. The molecule has 0 atom stereocenters. The van der Waals surface area contributed by atoms with Gasteiger partial charge in [-0.3, -0.25) is 14.4 Å². The highest BCUT2D eigenvalue weighted by Crippen LogP contribution is 2.36. The van der Waals surface area contributed by atoms with Gasteiger partial charge in [-0.1, -0.05) is 35.3 Å². The van der Waals surface area contributed by atoms with Crippen LogP contribution in [0.15, 0.2) is 24.3 Å². The van der Waals surface area contributed by atoms with Gasteiger partial charge >= 0.3 is 6.18 Å². The van der Waals surface area contributed by atoms with Crippen LogP contribution in [-0.2, 0) is 19.8 Å². The highest BCUT2D eigenvalue weighted by molar-refractivity contribution is 6.34. The third-order valence-corrected chi connectivity index (χ3v) is 5.01. The molecule has 1 aromatic carbocycles. The molecule has 2 heterocycles. The molecule has 1 aliphatic rings. The standard InChI is InChI=1S/C17H17Cl2F3N4O/c1-24-15(17(20,21)22)13(19)14(23-24)16(27)26-7-5-25(6-8-26)10-11-3-2-4-12(18)9-11/h2-4,9H,5-8,10H2,1H3. The van der Waals surface area contributed by atoms with Gasteiger partial charge < -0.3 is 4.90 Å². The molecule has 0 radical (unpaired) electrons. The van der Waals surface area contributed by atoms with Crippen molar-refractivity contribution in [2.24, 2.45) is 7.05 Å². The van der Waals surface area contributed by atoms with Crippen LogP contribution < -0.4 is 0 Å². The molecule has 0 bridgehead atoms. The second-order valence-electron chi connectivity index (χ2n) is 6.33. The average molecular weight is 421 g/mol. The summed E-state index contributed by atoms with van der Waals surface area (Å²) in [4.78, 5) is 16.2. The summed E-state index contributed by atoms with van der Waals surface area (Å²) in [6.07, 6.45) is -4.67. The Morgan fingerprint density at radius 2 is 1.85 bits per heavy atom. The van der Waals surface area contributed by atoms with Gasteiger partial charge in [-0.05, 0) is 17.7 Å². The van der Waals surface area contributed by atoms with E-state index in [4.69, 9.17) is 23.2 Å². The van der Waals surface area contributed by atoms with Gasteiger partial charge in [-0.2, -0.15) is 18.3 Å². The van der Waals surface area contributed by atoms with Crippen LogP contribution in [0.25, 0.3) is 0 Å². The molecule has 10 heteroatoms. The minimum atomic E-state index is -4.67. The third-order valence-electron chi connectivity index (χ3n) is 4.42. The number of halogens is 5. The summed E-state index contributed by atoms with van der Waals surface area (Å²) in [5.74, 6) is -0.589. The minimum absolute atomic E-state index is 0.366. The molecule has 0 spiro atoms. The number of alkyl halides is 3. The molecule has 1 aromatic heterocycles. The van der Waals surface area contributed by atoms with Gasteiger partial charge in [-0.25, -0.2) is 0 Å². The van der Waals surface area contributed by atoms with E-state index in [1.807, 2.05) is 18.2 Å². The van der Waals surface area contributed by atoms with Gasteiger partial charge in [-0.15, -0.1) is 0 Å². The predicted octanol–water partition coefficient (Wildman–Crippen LogP) is 3.70. The zero-order chi connectivity index (χ0) is 19.8. The van der Waals surface area contributed by atoms with E-state index < -0.39 is 22.8 Å². The minimum Gasteiger partial charge on any atom is -0.335 e. The van der Waals surface area contributed by atoms with Crippen molar-refractivity contribution in [1.29, 1.82) is 0 Å². The van der Waals surface area contributed by atoms with Crippen molar-refractivity contribution in [3.8, 4) is 0 Å². The first-order chi connectivity index (χ1) is 12.7. The van der Waals surface area contributed by atoms with Crippen LogP contribution in [0.3, 0.4) is 0 Å². The van der Waals surface area contributed by atoms with Crippen molar-refractivity contribution in [3.05, 3.63) is 51.3 Å². The normalized spacial score (nSPS) is 16.0. The number of piperazine rings is 1. The van der Waals surface area contributed by atoms with Crippen LogP contribution in [0.1, 0.15) is 21.7 Å². The van der Waals surface area contributed by atoms with E-state index >= 15 is 0 Å². The monoisotopic (exact) mass is 420 g/mol. The van der Waals surface area contributed by atoms with Crippen LogP contribution in [0.5, 0.6) is 0 Å². The van der Waals surface area contributed by atoms with Crippen molar-refractivity contribution in [2.45, 2.75) is 12.7 Å². The molecular weight excluding hydrogens is 404 g/mol. The lowest BCUT2D eigenvalue weighted by Gasteiger charge is -2.34. The molecule has 2 aromatic rings. The maximum atomic E-state index is 13.0. The van der Waals surface area contributed by atoms with Crippen LogP contribution in [0, 0.1) is 0 Å². The predicted molar refractivity (Wildman–Crippen MR) is 95.9 cm³/mol. The van der Waals surface area contributed by atoms with E-state index in [0.29, 0.717) is 42.4 Å². The summed E-state index contributed by atoms with van der Waals surface area (Å²) in [7, 11) is 1.12. The molecule has 0 aliphatic carbocycles. The van der Waals surface area contributed by atoms with Crippen LogP contribution in [-0.4, -0.2) is 51.7 Å². The molecule has 0 N–H and O–H groups in total. The molecule has 1 aliphatic heterocycles. The number of nitrogens with zero attached hydrogens (tertiary/aromatic N) is 4. The van der Waals surface area contributed by atoms with Crippen LogP contribution in [0.2, 0.25) is 10.0 Å². The molecule has 27 heavy (non-hydrogen) atoms. The van der Waals surface area contributed by atoms with E-state index in [9.17, 15) is 18.0 Å². The maximum Gasteiger partial charge on any atom is 0.434 e. The van der Waals surface area contributed by atoms with Crippen LogP contribution >= 0.6 is 23.2 Å². The van der Waals surface area contributed by atoms with Crippen LogP contribution in [0.4, 0.5) is 13.2 Å². The van der Waals surface area contributed by atoms with Gasteiger partial charge in [0.15, 0.2) is 11.4 Å². The molecule has 1 saturated heterocycles. The van der Waals surface area contributed by atoms with Crippen molar-refractivity contribution in [3.63, 3.8) is 0 Å². The number of amides is 1. The number of aromatic nitrogens is 2. The molecule has 1 fully saturated rings. The van der Waals surface area contributed by atoms with Crippen molar-refractivity contribution >= 4 is 29.1 Å². The Bertz CT molecular complexity index is 845. The summed E-state index contributed by atoms with van der Waals surface area (Å²) >= 11 is 11.8. The van der Waals surface area contributed by atoms with E-state index in [1.165, 1.54) is 4.90 Å². The smallest absolute Gasteiger partial charge is 0.335 e. The van der Waals surface area contributed by atoms with Crippen molar-refractivity contribution in [1.82, 2.24) is 19.6 Å². The van der Waals surface area contributed by atoms with Gasteiger partial charge in [0.2, 0.25) is 0 Å². The van der Waals surface area contributed by atoms with Crippen molar-refractivity contribution in [2.75, 3.05) is 26.2 Å². The molecular formula is C17H17Cl2F3N4O. The largest absolute Gasteiger partial charge is 0.434 e. The Balaban J connectivity index is 1.65. The van der Waals surface area contributed by atoms with Gasteiger partial charge in [0.05, 0.1) is 0 Å². The van der Waals surface area contributed by atoms with E-state index in [0.717, 1.165) is 12.6 Å². The summed E-state index contributed by atoms with van der Waals surface area (Å²) in [5, 5.41) is 3.70. The quantitative estimate of drug-likeness (QED) is 0.759. The Hall–Kier alpha value is -1.77. The zero-order valence-electron chi connectivity index (χ0n) is 14.4. The first-order valence-electron chi connectivity index (χ1n) is 8.22. The average Bonchev–Trinajstić information content (AvgIpc) is 2.89. The molecule has 1 amide bonds. The molecule has 0 unspecified atom stereocenters. The lowest BCUT2D eigenvalue weighted by molar-refractivity contribution is -0.143. The topological polar surface area (TPSA) is 41.4 Å². The number of rotatable bonds is 3. The highest BCUT2D eigenvalue weighted by atomic mass is 35.5. The number of hydrogen-bond acceptors (Lipinski definition) is 3. The Morgan fingerprint density at radius 3 is 2.41 bits per heavy atom. The molecule has 3 rings (SSSR count). The summed E-state index contributed by atoms with van der Waals surface area (Å²) < 4.78 is 39.7. The second-order valence-corrected chi connectivity index (χ2v) is 7.15. The fraction of sp³-hybridized carbons (Fsp3) is 0.412. The SMILES string of the molecule is Cn1nc(C(=O)N2CCN(Cc3cccc(Cl)c3)CC2)c(Cl)c1C(F)(F)F. The van der Waals surface area contributed by atoms with Gasteiger partial charge in [0.25, 0.3) is 5.91 Å². The maximum absolute atomic E-state index is 13.0. The fourth-order valence-electron chi connectivity index (χ4n) is 3.10. The number of carbonyl (C=O) groups excluding carboxylic acids is 1. The van der Waals surface area contributed by atoms with E-state index in [2.05, 4.69) is 10.00 Å². The zero-order valence-corrected chi connectivity index (χ0v) is 15.9. The summed E-state index contributed by atoms with van der Waals surface area (Å²) in [6.45, 7) is 2.64. The lowest BCUT2D eigenvalue weighted by Crippen LogP contribution is -2.48. The first kappa shape index (κ1) is 20.0. The number of benzene rings is 1. The van der Waals surface area contributed by atoms with Crippen molar-refractivity contribution < 1.29 is 18.0 Å². The third kappa shape index (κ3) is 4.39. The Kier molecular flexibility index (Phi) is 5.69. The van der Waals surface area contributed by atoms with E-state index in [1.54, 1.807) is 6.07 Å². The lowest BCUT2D eigenvalue weighted by atomic mass is 10.2. The van der Waals surface area contributed by atoms with E-state index in [-0.39, 0.29) is 5.69 Å². The molecule has 0 saturated carbocycles. The number of hydrogen-bond donors (Lipinski definition) is 0. The second kappa shape index (κ2) is 7.69. The Labute approximate surface area is 164 Å². The highest BCUT2D eigenvalue weighted by Gasteiger charge is 2.40. The van der Waals surface area contributed by atoms with Gasteiger partial charge in [0.1, 0.15) is 5.02 Å². The Morgan fingerprint density at radius 1 is 1.19 bits per heavy atom. The molecule has 5 nitrogen and oxygen atoms in total. The number of carbonyl (C=O) groups is 1. The first-order valence-corrected chi connectivity index (χ1v) is 8.98. The fourth-order valence-corrected chi connectivity index (χ4v) is 3.66. The summed E-state index contributed by atoms with van der Waals surface area (Å²) in [6, 6.07) is 7.52. The molecule has 146 valence electrons. The summed E-state index contributed by atoms with van der Waals surface area (Å²) in [5.41, 5.74) is -0.424.